The van der Waals surface area contributed by atoms with E-state index >= 15 is 0 Å². The molecule has 1 saturated carbocycles. The molecule has 0 heterocycles. The molecule has 0 aromatic heterocycles. The second-order valence-electron chi connectivity index (χ2n) is 1.77. The normalized spacial score (nSPS) is 20.0. The van der Waals surface area contributed by atoms with Crippen molar-refractivity contribution >= 4 is 8.41 Å². The predicted molar refractivity (Wildman–Crippen MR) is 28.8 cm³/mol. The van der Waals surface area contributed by atoms with Crippen LogP contribution in [-0.4, -0.2) is 8.41 Å². The monoisotopic (exact) mass is 81.1 g/mol. The fourth-order valence-electron chi connectivity index (χ4n) is 0.884. The lowest BCUT2D eigenvalue weighted by Crippen LogP contribution is -1.47. The molecule has 0 aliphatic heterocycles. The molecule has 0 aromatic carbocycles. The molecule has 4 radical (unpaired) electrons. The van der Waals surface area contributed by atoms with E-state index in [-0.39, 0.29) is 8.41 Å². The first-order valence-corrected chi connectivity index (χ1v) is 2.50. The summed E-state index contributed by atoms with van der Waals surface area (Å²) in [6, 6.07) is 0. The van der Waals surface area contributed by atoms with Gasteiger partial charge in [-0.15, -0.1) is 0 Å². The van der Waals surface area contributed by atoms with E-state index in [1.54, 1.807) is 0 Å². The maximum atomic E-state index is 1.50. The molecule has 1 heteroatoms. The summed E-state index contributed by atoms with van der Waals surface area (Å²) in [5.74, 6) is 0. The second kappa shape index (κ2) is 3.26. The first kappa shape index (κ1) is 6.06. The van der Waals surface area contributed by atoms with Gasteiger partial charge in [-0.1, -0.05) is 32.1 Å². The van der Waals surface area contributed by atoms with Crippen molar-refractivity contribution in [1.82, 2.24) is 0 Å². The molecule has 1 rings (SSSR count). The van der Waals surface area contributed by atoms with E-state index in [0.717, 1.165) is 0 Å². The maximum absolute atomic E-state index is 1.50. The van der Waals surface area contributed by atoms with Gasteiger partial charge in [0.15, 0.2) is 0 Å². The molecular weight excluding hydrogens is 70.9 g/mol. The van der Waals surface area contributed by atoms with Gasteiger partial charge < -0.3 is 8.41 Å². The summed E-state index contributed by atoms with van der Waals surface area (Å²) >= 11 is 0. The summed E-state index contributed by atoms with van der Waals surface area (Å²) in [6.07, 6.45) is 7.50. The quantitative estimate of drug-likeness (QED) is 0.388. The lowest BCUT2D eigenvalue weighted by atomic mass is 10.4. The molecule has 1 aliphatic carbocycles. The van der Waals surface area contributed by atoms with Crippen LogP contribution in [0.2, 0.25) is 0 Å². The lowest BCUT2D eigenvalue weighted by molar-refractivity contribution is 0.886. The minimum atomic E-state index is 0. The van der Waals surface area contributed by atoms with Crippen LogP contribution in [0.15, 0.2) is 0 Å². The van der Waals surface area contributed by atoms with Gasteiger partial charge in [-0.3, -0.25) is 0 Å². The molecule has 0 amide bonds. The number of rotatable bonds is 0. The summed E-state index contributed by atoms with van der Waals surface area (Å²) < 4.78 is 0. The molecule has 0 saturated heterocycles. The van der Waals surface area contributed by atoms with Crippen LogP contribution in [0.25, 0.3) is 0 Å². The third-order valence-corrected chi connectivity index (χ3v) is 1.25. The van der Waals surface area contributed by atoms with E-state index in [2.05, 4.69) is 0 Å². The molecule has 0 aromatic rings. The number of hydrogen-bond acceptors (Lipinski definition) is 0. The largest absolute Gasteiger partial charge is 1.00 e. The molecule has 0 bridgehead atoms. The van der Waals surface area contributed by atoms with Crippen LogP contribution in [0.1, 0.15) is 32.1 Å². The Morgan fingerprint density at radius 2 is 0.667 bits per heavy atom. The summed E-state index contributed by atoms with van der Waals surface area (Å²) in [4.78, 5) is 0. The van der Waals surface area contributed by atoms with Crippen molar-refractivity contribution in [2.24, 2.45) is 0 Å². The minimum Gasteiger partial charge on any atom is -1.00 e. The van der Waals surface area contributed by atoms with Gasteiger partial charge in [0.05, 0.1) is 0 Å². The Morgan fingerprint density at radius 1 is 0.500 bits per heavy atom. The highest BCUT2D eigenvalue weighted by atomic mass is 14.0. The smallest absolute Gasteiger partial charge is 0.0533 e. The highest BCUT2D eigenvalue weighted by molar-refractivity contribution is 5.75. The van der Waals surface area contributed by atoms with Crippen LogP contribution < -0.4 is 0 Å². The minimum absolute atomic E-state index is 0. The molecule has 0 unspecified atom stereocenters. The highest BCUT2D eigenvalue weighted by Gasteiger charge is 1.95. The third kappa shape index (κ3) is 1.49. The van der Waals surface area contributed by atoms with Gasteiger partial charge in [0.2, 0.25) is 0 Å². The van der Waals surface area contributed by atoms with Gasteiger partial charge in [0, 0.05) is 0 Å². The fourth-order valence-corrected chi connectivity index (χ4v) is 0.884. The fraction of sp³-hybridized carbons (Fsp3) is 1.00. The van der Waals surface area contributed by atoms with E-state index in [1.165, 1.54) is 32.1 Å². The molecule has 0 spiro atoms. The summed E-state index contributed by atoms with van der Waals surface area (Å²) in [6.45, 7) is 0. The second-order valence-corrected chi connectivity index (χ2v) is 1.77. The van der Waals surface area contributed by atoms with E-state index in [9.17, 15) is 0 Å². The number of hydrogen-bond donors (Lipinski definition) is 0. The van der Waals surface area contributed by atoms with Crippen LogP contribution in [0.3, 0.4) is 0 Å². The molecule has 0 N–H and O–H groups in total. The van der Waals surface area contributed by atoms with Gasteiger partial charge >= 0.3 is 0 Å². The Balaban J connectivity index is 0.000000250. The third-order valence-electron chi connectivity index (χ3n) is 1.25. The van der Waals surface area contributed by atoms with Crippen molar-refractivity contribution in [2.75, 3.05) is 0 Å². The lowest BCUT2D eigenvalue weighted by Gasteiger charge is -1.67. The van der Waals surface area contributed by atoms with Crippen molar-refractivity contribution in [1.29, 1.82) is 0 Å². The molecule has 0 nitrogen and oxygen atoms in total. The Bertz CT molecular complexity index is 15.5. The SMILES string of the molecule is C1CCCC1.[B-]. The first-order valence-electron chi connectivity index (χ1n) is 2.50. The molecule has 1 fully saturated rings. The Kier molecular flexibility index (Phi) is 3.30. The zero-order chi connectivity index (χ0) is 3.54. The van der Waals surface area contributed by atoms with Crippen LogP contribution in [0, 0.1) is 0 Å². The van der Waals surface area contributed by atoms with E-state index < -0.39 is 0 Å². The van der Waals surface area contributed by atoms with E-state index in [4.69, 9.17) is 0 Å². The molecule has 1 aliphatic rings. The zero-order valence-corrected chi connectivity index (χ0v) is 4.11. The van der Waals surface area contributed by atoms with Gasteiger partial charge in [0.1, 0.15) is 0 Å². The summed E-state index contributed by atoms with van der Waals surface area (Å²) in [5, 5.41) is 0. The van der Waals surface area contributed by atoms with Gasteiger partial charge in [-0.25, -0.2) is 0 Å². The van der Waals surface area contributed by atoms with Crippen LogP contribution in [0.5, 0.6) is 0 Å². The van der Waals surface area contributed by atoms with E-state index in [0.29, 0.717) is 0 Å². The maximum Gasteiger partial charge on any atom is -0.0533 e. The molecule has 6 heavy (non-hydrogen) atoms. The average Bonchev–Trinajstić information content (AvgIpc) is 1.76. The van der Waals surface area contributed by atoms with Crippen LogP contribution in [0.4, 0.5) is 0 Å². The van der Waals surface area contributed by atoms with Crippen molar-refractivity contribution in [2.45, 2.75) is 32.1 Å². The standard InChI is InChI=1S/C5H10.B/c1-2-4-5-3-1;/h1-5H2;/q;-1. The van der Waals surface area contributed by atoms with Crippen molar-refractivity contribution in [3.63, 3.8) is 0 Å². The Labute approximate surface area is 41.5 Å². The van der Waals surface area contributed by atoms with Crippen molar-refractivity contribution < 1.29 is 0 Å². The Morgan fingerprint density at radius 3 is 0.833 bits per heavy atom. The van der Waals surface area contributed by atoms with Crippen LogP contribution >= 0.6 is 0 Å². The predicted octanol–water partition coefficient (Wildman–Crippen LogP) is 1.57. The average molecular weight is 80.9 g/mol. The van der Waals surface area contributed by atoms with Crippen LogP contribution in [-0.2, 0) is 0 Å². The van der Waals surface area contributed by atoms with Gasteiger partial charge in [-0.2, -0.15) is 0 Å². The molecular formula is C5H10B-. The van der Waals surface area contributed by atoms with Gasteiger partial charge in [0.25, 0.3) is 0 Å². The zero-order valence-electron chi connectivity index (χ0n) is 4.11. The van der Waals surface area contributed by atoms with Gasteiger partial charge in [-0.05, 0) is 0 Å². The van der Waals surface area contributed by atoms with Crippen molar-refractivity contribution in [3.8, 4) is 0 Å². The summed E-state index contributed by atoms with van der Waals surface area (Å²) in [7, 11) is 0. The molecule has 0 atom stereocenters. The topological polar surface area (TPSA) is 0 Å². The highest BCUT2D eigenvalue weighted by Crippen LogP contribution is 2.15. The van der Waals surface area contributed by atoms with E-state index in [1.807, 2.05) is 0 Å². The summed E-state index contributed by atoms with van der Waals surface area (Å²) in [5.41, 5.74) is 0. The molecule has 34 valence electrons. The van der Waals surface area contributed by atoms with Crippen molar-refractivity contribution in [3.05, 3.63) is 0 Å². The first-order chi connectivity index (χ1) is 2.50. The Hall–Kier alpha value is 0.0649.